The number of aliphatic hydroxyl groups excluding tert-OH is 4. The maximum Gasteiger partial charge on any atom is 0.0770 e. The molecule has 12 heavy (non-hydrogen) atoms. The first-order valence-corrected chi connectivity index (χ1v) is 4.28. The van der Waals surface area contributed by atoms with E-state index in [1.165, 1.54) is 0 Å². The molecule has 0 fully saturated rings. The highest BCUT2D eigenvalue weighted by Gasteiger charge is 2.03. The van der Waals surface area contributed by atoms with E-state index >= 15 is 0 Å². The summed E-state index contributed by atoms with van der Waals surface area (Å²) >= 11 is 0. The van der Waals surface area contributed by atoms with Crippen molar-refractivity contribution in [1.29, 1.82) is 0 Å². The third-order valence-electron chi connectivity index (χ3n) is 1.75. The van der Waals surface area contributed by atoms with Gasteiger partial charge in [-0.3, -0.25) is 0 Å². The van der Waals surface area contributed by atoms with Gasteiger partial charge in [0.15, 0.2) is 0 Å². The quantitative estimate of drug-likeness (QED) is 0.387. The molecule has 0 aliphatic rings. The van der Waals surface area contributed by atoms with Gasteiger partial charge in [-0.15, -0.1) is 0 Å². The molecule has 0 rings (SSSR count). The zero-order chi connectivity index (χ0) is 9.40. The predicted octanol–water partition coefficient (Wildman–Crippen LogP) is -0.747. The second kappa shape index (κ2) is 7.49. The summed E-state index contributed by atoms with van der Waals surface area (Å²) in [5.74, 6) is 0. The molecular weight excluding hydrogens is 160 g/mol. The van der Waals surface area contributed by atoms with Gasteiger partial charge in [0.05, 0.1) is 25.4 Å². The molecule has 0 aromatic heterocycles. The summed E-state index contributed by atoms with van der Waals surface area (Å²) in [5.41, 5.74) is 0. The fourth-order valence-electron chi connectivity index (χ4n) is 0.942. The number of aliphatic hydroxyl groups is 4. The van der Waals surface area contributed by atoms with Crippen LogP contribution in [0.5, 0.6) is 0 Å². The highest BCUT2D eigenvalue weighted by Crippen LogP contribution is 2.05. The molecular formula is C8H18O4. The highest BCUT2D eigenvalue weighted by atomic mass is 16.3. The van der Waals surface area contributed by atoms with Crippen LogP contribution in [0, 0.1) is 0 Å². The summed E-state index contributed by atoms with van der Waals surface area (Å²) in [4.78, 5) is 0. The Morgan fingerprint density at radius 2 is 1.08 bits per heavy atom. The maximum atomic E-state index is 8.92. The van der Waals surface area contributed by atoms with E-state index in [9.17, 15) is 0 Å². The van der Waals surface area contributed by atoms with Crippen LogP contribution < -0.4 is 0 Å². The first-order valence-electron chi connectivity index (χ1n) is 4.28. The third kappa shape index (κ3) is 6.54. The molecule has 0 aromatic carbocycles. The van der Waals surface area contributed by atoms with Crippen LogP contribution in [0.4, 0.5) is 0 Å². The van der Waals surface area contributed by atoms with Crippen molar-refractivity contribution in [3.63, 3.8) is 0 Å². The van der Waals surface area contributed by atoms with Crippen molar-refractivity contribution in [2.75, 3.05) is 13.2 Å². The molecule has 0 unspecified atom stereocenters. The average Bonchev–Trinajstić information content (AvgIpc) is 2.11. The summed E-state index contributed by atoms with van der Waals surface area (Å²) in [6.45, 7) is -0.412. The van der Waals surface area contributed by atoms with Crippen molar-refractivity contribution < 1.29 is 20.4 Å². The molecule has 0 aromatic rings. The molecule has 4 N–H and O–H groups in total. The Morgan fingerprint density at radius 3 is 1.33 bits per heavy atom. The minimum absolute atomic E-state index is 0.206. The van der Waals surface area contributed by atoms with Gasteiger partial charge in [0.2, 0.25) is 0 Å². The van der Waals surface area contributed by atoms with E-state index in [0.717, 1.165) is 12.8 Å². The average molecular weight is 178 g/mol. The summed E-state index contributed by atoms with van der Waals surface area (Å²) in [6, 6.07) is 0. The molecule has 0 saturated carbocycles. The molecule has 0 heterocycles. The largest absolute Gasteiger partial charge is 0.394 e. The van der Waals surface area contributed by atoms with Crippen LogP contribution in [0.2, 0.25) is 0 Å². The molecule has 0 bridgehead atoms. The van der Waals surface area contributed by atoms with E-state index in [-0.39, 0.29) is 13.2 Å². The molecule has 0 radical (unpaired) electrons. The van der Waals surface area contributed by atoms with Crippen LogP contribution in [0.3, 0.4) is 0 Å². The highest BCUT2D eigenvalue weighted by molar-refractivity contribution is 4.56. The molecule has 0 saturated heterocycles. The third-order valence-corrected chi connectivity index (χ3v) is 1.75. The van der Waals surface area contributed by atoms with E-state index in [1.807, 2.05) is 0 Å². The maximum absolute atomic E-state index is 8.92. The summed E-state index contributed by atoms with van der Waals surface area (Å²) < 4.78 is 0. The summed E-state index contributed by atoms with van der Waals surface area (Å²) in [5, 5.41) is 34.7. The Hall–Kier alpha value is -0.160. The van der Waals surface area contributed by atoms with Crippen molar-refractivity contribution >= 4 is 0 Å². The number of hydrogen-bond acceptors (Lipinski definition) is 4. The number of unbranched alkanes of at least 4 members (excludes halogenated alkanes) is 1. The standard InChI is InChI=1S/C8H18O4/c9-5-7(11)3-1-2-4-8(12)6-10/h7-12H,1-6H2/t7-,8+. The van der Waals surface area contributed by atoms with Gasteiger partial charge in [-0.2, -0.15) is 0 Å². The Bertz CT molecular complexity index is 85.1. The first-order chi connectivity index (χ1) is 5.70. The first kappa shape index (κ1) is 11.8. The van der Waals surface area contributed by atoms with Crippen LogP contribution >= 0.6 is 0 Å². The minimum Gasteiger partial charge on any atom is -0.394 e. The van der Waals surface area contributed by atoms with Crippen molar-refractivity contribution in [2.45, 2.75) is 37.9 Å². The lowest BCUT2D eigenvalue weighted by molar-refractivity contribution is 0.0749. The molecule has 4 nitrogen and oxygen atoms in total. The Morgan fingerprint density at radius 1 is 0.750 bits per heavy atom. The van der Waals surface area contributed by atoms with Gasteiger partial charge in [0.1, 0.15) is 0 Å². The fourth-order valence-corrected chi connectivity index (χ4v) is 0.942. The van der Waals surface area contributed by atoms with E-state index in [1.54, 1.807) is 0 Å². The van der Waals surface area contributed by atoms with E-state index in [4.69, 9.17) is 20.4 Å². The van der Waals surface area contributed by atoms with Gasteiger partial charge in [-0.25, -0.2) is 0 Å². The summed E-state index contributed by atoms with van der Waals surface area (Å²) in [7, 11) is 0. The smallest absolute Gasteiger partial charge is 0.0770 e. The van der Waals surface area contributed by atoms with Crippen LogP contribution in [0.25, 0.3) is 0 Å². The Labute approximate surface area is 72.5 Å². The molecule has 2 atom stereocenters. The lowest BCUT2D eigenvalue weighted by Crippen LogP contribution is -2.13. The fraction of sp³-hybridized carbons (Fsp3) is 1.00. The van der Waals surface area contributed by atoms with Gasteiger partial charge in [-0.1, -0.05) is 12.8 Å². The van der Waals surface area contributed by atoms with Gasteiger partial charge in [0.25, 0.3) is 0 Å². The minimum atomic E-state index is -0.642. The monoisotopic (exact) mass is 178 g/mol. The van der Waals surface area contributed by atoms with Crippen LogP contribution in [0.1, 0.15) is 25.7 Å². The predicted molar refractivity (Wildman–Crippen MR) is 44.7 cm³/mol. The molecule has 0 aliphatic carbocycles. The van der Waals surface area contributed by atoms with Gasteiger partial charge in [0, 0.05) is 0 Å². The second-order valence-corrected chi connectivity index (χ2v) is 2.96. The SMILES string of the molecule is OC[C@@H](O)CCCC[C@@H](O)CO. The second-order valence-electron chi connectivity index (χ2n) is 2.96. The van der Waals surface area contributed by atoms with Crippen molar-refractivity contribution in [2.24, 2.45) is 0 Å². The van der Waals surface area contributed by atoms with Crippen LogP contribution in [0.15, 0.2) is 0 Å². The van der Waals surface area contributed by atoms with Crippen molar-refractivity contribution in [3.8, 4) is 0 Å². The van der Waals surface area contributed by atoms with Gasteiger partial charge < -0.3 is 20.4 Å². The number of hydrogen-bond donors (Lipinski definition) is 4. The molecule has 4 heteroatoms. The van der Waals surface area contributed by atoms with Gasteiger partial charge in [-0.05, 0) is 12.8 Å². The van der Waals surface area contributed by atoms with E-state index in [2.05, 4.69) is 0 Å². The van der Waals surface area contributed by atoms with E-state index < -0.39 is 12.2 Å². The summed E-state index contributed by atoms with van der Waals surface area (Å²) in [6.07, 6.45) is 1.34. The van der Waals surface area contributed by atoms with E-state index in [0.29, 0.717) is 12.8 Å². The zero-order valence-electron chi connectivity index (χ0n) is 7.19. The Balaban J connectivity index is 3.10. The molecule has 0 aliphatic heterocycles. The Kier molecular flexibility index (Phi) is 7.39. The van der Waals surface area contributed by atoms with Crippen LogP contribution in [-0.2, 0) is 0 Å². The van der Waals surface area contributed by atoms with Crippen LogP contribution in [-0.4, -0.2) is 45.8 Å². The lowest BCUT2D eigenvalue weighted by atomic mass is 10.1. The van der Waals surface area contributed by atoms with Crippen molar-refractivity contribution in [1.82, 2.24) is 0 Å². The van der Waals surface area contributed by atoms with Gasteiger partial charge >= 0.3 is 0 Å². The molecule has 0 spiro atoms. The zero-order valence-corrected chi connectivity index (χ0v) is 7.19. The topological polar surface area (TPSA) is 80.9 Å². The van der Waals surface area contributed by atoms with Crippen molar-refractivity contribution in [3.05, 3.63) is 0 Å². The lowest BCUT2D eigenvalue weighted by Gasteiger charge is -2.08. The normalized spacial score (nSPS) is 16.0. The number of rotatable bonds is 7. The molecule has 74 valence electrons. The molecule has 0 amide bonds.